The summed E-state index contributed by atoms with van der Waals surface area (Å²) < 4.78 is 0. The van der Waals surface area contributed by atoms with Gasteiger partial charge in [0.2, 0.25) is 0 Å². The van der Waals surface area contributed by atoms with E-state index in [1.54, 1.807) is 0 Å². The molecule has 0 aromatic carbocycles. The zero-order valence-corrected chi connectivity index (χ0v) is 11.6. The van der Waals surface area contributed by atoms with Gasteiger partial charge in [0.15, 0.2) is 0 Å². The summed E-state index contributed by atoms with van der Waals surface area (Å²) in [5.41, 5.74) is 0. The first-order valence-corrected chi connectivity index (χ1v) is 6.82. The Morgan fingerprint density at radius 3 is 2.20 bits per heavy atom. The molecule has 1 heteroatoms. The summed E-state index contributed by atoms with van der Waals surface area (Å²) in [6.45, 7) is 11.8. The van der Waals surface area contributed by atoms with Crippen LogP contribution in [-0.4, -0.2) is 25.0 Å². The van der Waals surface area contributed by atoms with Gasteiger partial charge in [0.1, 0.15) is 0 Å². The third kappa shape index (κ3) is 7.84. The Hall–Kier alpha value is -0.0400. The summed E-state index contributed by atoms with van der Waals surface area (Å²) in [6.07, 6.45) is 6.76. The highest BCUT2D eigenvalue weighted by Gasteiger charge is 2.13. The summed E-state index contributed by atoms with van der Waals surface area (Å²) in [4.78, 5) is 2.50. The smallest absolute Gasteiger partial charge is 0.000670 e. The molecular weight excluding hydrogens is 182 g/mol. The third-order valence-electron chi connectivity index (χ3n) is 3.30. The zero-order chi connectivity index (χ0) is 11.7. The van der Waals surface area contributed by atoms with Crippen LogP contribution in [0.2, 0.25) is 0 Å². The van der Waals surface area contributed by atoms with E-state index in [1.165, 1.54) is 45.2 Å². The van der Waals surface area contributed by atoms with Gasteiger partial charge in [-0.3, -0.25) is 0 Å². The quantitative estimate of drug-likeness (QED) is 0.555. The van der Waals surface area contributed by atoms with Crippen LogP contribution < -0.4 is 0 Å². The van der Waals surface area contributed by atoms with Gasteiger partial charge in [-0.2, -0.15) is 0 Å². The van der Waals surface area contributed by atoms with E-state index in [2.05, 4.69) is 39.6 Å². The maximum atomic E-state index is 2.50. The van der Waals surface area contributed by atoms with Gasteiger partial charge >= 0.3 is 0 Å². The fourth-order valence-electron chi connectivity index (χ4n) is 2.34. The highest BCUT2D eigenvalue weighted by molar-refractivity contribution is 4.66. The molecule has 0 heterocycles. The standard InChI is InChI=1S/C14H31N/c1-6-9-14(11-13(4)8-3)12-15(5)10-7-2/h13-14H,6-12H2,1-5H3. The molecule has 0 aliphatic carbocycles. The van der Waals surface area contributed by atoms with Crippen molar-refractivity contribution in [3.8, 4) is 0 Å². The molecule has 92 valence electrons. The minimum absolute atomic E-state index is 0.900. The number of hydrogen-bond acceptors (Lipinski definition) is 1. The predicted molar refractivity (Wildman–Crippen MR) is 70.3 cm³/mol. The van der Waals surface area contributed by atoms with E-state index in [0.29, 0.717) is 0 Å². The molecule has 0 rings (SSSR count). The van der Waals surface area contributed by atoms with Crippen LogP contribution in [-0.2, 0) is 0 Å². The number of rotatable bonds is 9. The molecule has 0 bridgehead atoms. The van der Waals surface area contributed by atoms with E-state index in [0.717, 1.165) is 11.8 Å². The number of hydrogen-bond donors (Lipinski definition) is 0. The molecule has 0 aromatic rings. The van der Waals surface area contributed by atoms with E-state index in [1.807, 2.05) is 0 Å². The Balaban J connectivity index is 3.91. The second kappa shape index (κ2) is 9.21. The molecule has 0 saturated heterocycles. The molecule has 0 radical (unpaired) electrons. The molecule has 1 nitrogen and oxygen atoms in total. The van der Waals surface area contributed by atoms with Gasteiger partial charge < -0.3 is 4.90 Å². The molecule has 0 amide bonds. The normalized spacial score (nSPS) is 15.6. The van der Waals surface area contributed by atoms with E-state index in [4.69, 9.17) is 0 Å². The van der Waals surface area contributed by atoms with Crippen molar-refractivity contribution in [1.29, 1.82) is 0 Å². The van der Waals surface area contributed by atoms with Crippen molar-refractivity contribution in [1.82, 2.24) is 4.90 Å². The minimum atomic E-state index is 0.900. The second-order valence-corrected chi connectivity index (χ2v) is 5.17. The monoisotopic (exact) mass is 213 g/mol. The first kappa shape index (κ1) is 15.0. The first-order chi connectivity index (χ1) is 7.13. The van der Waals surface area contributed by atoms with Crippen molar-refractivity contribution in [2.75, 3.05) is 20.1 Å². The van der Waals surface area contributed by atoms with Crippen molar-refractivity contribution in [2.45, 2.75) is 59.8 Å². The van der Waals surface area contributed by atoms with Gasteiger partial charge in [-0.15, -0.1) is 0 Å². The van der Waals surface area contributed by atoms with Crippen LogP contribution >= 0.6 is 0 Å². The van der Waals surface area contributed by atoms with E-state index >= 15 is 0 Å². The van der Waals surface area contributed by atoms with Gasteiger partial charge in [-0.25, -0.2) is 0 Å². The molecule has 0 spiro atoms. The highest BCUT2D eigenvalue weighted by Crippen LogP contribution is 2.20. The van der Waals surface area contributed by atoms with Crippen LogP contribution in [0.25, 0.3) is 0 Å². The van der Waals surface area contributed by atoms with Gasteiger partial charge in [-0.1, -0.05) is 40.5 Å². The lowest BCUT2D eigenvalue weighted by molar-refractivity contribution is 0.237. The number of nitrogens with zero attached hydrogens (tertiary/aromatic N) is 1. The van der Waals surface area contributed by atoms with Crippen LogP contribution in [0, 0.1) is 11.8 Å². The van der Waals surface area contributed by atoms with Crippen LogP contribution in [0.4, 0.5) is 0 Å². The van der Waals surface area contributed by atoms with Crippen molar-refractivity contribution in [3.63, 3.8) is 0 Å². The fraction of sp³-hybridized carbons (Fsp3) is 1.00. The van der Waals surface area contributed by atoms with Crippen LogP contribution in [0.5, 0.6) is 0 Å². The summed E-state index contributed by atoms with van der Waals surface area (Å²) >= 11 is 0. The van der Waals surface area contributed by atoms with Crippen LogP contribution in [0.3, 0.4) is 0 Å². The third-order valence-corrected chi connectivity index (χ3v) is 3.30. The van der Waals surface area contributed by atoms with Gasteiger partial charge in [0.05, 0.1) is 0 Å². The van der Waals surface area contributed by atoms with Gasteiger partial charge in [0.25, 0.3) is 0 Å². The fourth-order valence-corrected chi connectivity index (χ4v) is 2.34. The topological polar surface area (TPSA) is 3.24 Å². The molecule has 2 unspecified atom stereocenters. The van der Waals surface area contributed by atoms with Crippen molar-refractivity contribution >= 4 is 0 Å². The van der Waals surface area contributed by atoms with Crippen LogP contribution in [0.15, 0.2) is 0 Å². The predicted octanol–water partition coefficient (Wildman–Crippen LogP) is 4.18. The minimum Gasteiger partial charge on any atom is -0.306 e. The zero-order valence-electron chi connectivity index (χ0n) is 11.6. The van der Waals surface area contributed by atoms with Crippen molar-refractivity contribution in [3.05, 3.63) is 0 Å². The largest absolute Gasteiger partial charge is 0.306 e. The maximum Gasteiger partial charge on any atom is 0.000670 e. The lowest BCUT2D eigenvalue weighted by atomic mass is 9.90. The first-order valence-electron chi connectivity index (χ1n) is 6.82. The van der Waals surface area contributed by atoms with Gasteiger partial charge in [-0.05, 0) is 44.7 Å². The van der Waals surface area contributed by atoms with E-state index < -0.39 is 0 Å². The summed E-state index contributed by atoms with van der Waals surface area (Å²) in [5, 5.41) is 0. The average Bonchev–Trinajstić information content (AvgIpc) is 2.18. The van der Waals surface area contributed by atoms with E-state index in [-0.39, 0.29) is 0 Å². The molecule has 0 aromatic heterocycles. The Morgan fingerprint density at radius 1 is 1.07 bits per heavy atom. The summed E-state index contributed by atoms with van der Waals surface area (Å²) in [7, 11) is 2.27. The molecule has 0 saturated carbocycles. The highest BCUT2D eigenvalue weighted by atomic mass is 15.1. The Morgan fingerprint density at radius 2 is 1.73 bits per heavy atom. The molecule has 0 fully saturated rings. The Labute approximate surface area is 97.2 Å². The summed E-state index contributed by atoms with van der Waals surface area (Å²) in [5.74, 6) is 1.82. The van der Waals surface area contributed by atoms with E-state index in [9.17, 15) is 0 Å². The molecule has 0 aliphatic rings. The molecular formula is C14H31N. The lowest BCUT2D eigenvalue weighted by Gasteiger charge is -2.25. The van der Waals surface area contributed by atoms with Crippen molar-refractivity contribution in [2.24, 2.45) is 11.8 Å². The van der Waals surface area contributed by atoms with Gasteiger partial charge in [0, 0.05) is 6.54 Å². The second-order valence-electron chi connectivity index (χ2n) is 5.17. The Bertz CT molecular complexity index is 133. The average molecular weight is 213 g/mol. The molecule has 2 atom stereocenters. The van der Waals surface area contributed by atoms with Crippen LogP contribution in [0.1, 0.15) is 59.8 Å². The molecule has 0 N–H and O–H groups in total. The summed E-state index contributed by atoms with van der Waals surface area (Å²) in [6, 6.07) is 0. The Kier molecular flexibility index (Phi) is 9.18. The SMILES string of the molecule is CCCC(CC(C)CC)CN(C)CCC. The maximum absolute atomic E-state index is 2.50. The molecule has 0 aliphatic heterocycles. The van der Waals surface area contributed by atoms with Crippen molar-refractivity contribution < 1.29 is 0 Å². The lowest BCUT2D eigenvalue weighted by Crippen LogP contribution is -2.27. The molecule has 15 heavy (non-hydrogen) atoms.